The molecule has 24 atom stereocenters. The number of fused-ring (bicyclic) bond motifs is 5. The van der Waals surface area contributed by atoms with Crippen molar-refractivity contribution in [3.8, 4) is 5.75 Å². The van der Waals surface area contributed by atoms with Crippen molar-refractivity contribution in [2.24, 2.45) is 16.7 Å². The first-order valence-corrected chi connectivity index (χ1v) is 27.4. The lowest BCUT2D eigenvalue weighted by Gasteiger charge is -2.67. The number of carbonyl (C=O) groups excluding carboxylic acids is 2. The Balaban J connectivity index is 0.812. The van der Waals surface area contributed by atoms with Gasteiger partial charge in [0.25, 0.3) is 0 Å². The predicted molar refractivity (Wildman–Crippen MR) is 267 cm³/mol. The molecule has 4 aliphatic carbocycles. The van der Waals surface area contributed by atoms with Crippen LogP contribution < -0.4 is 0 Å². The fourth-order valence-electron chi connectivity index (χ4n) is 14.9. The fourth-order valence-corrected chi connectivity index (χ4v) is 14.9. The molecule has 1 aromatic carbocycles. The van der Waals surface area contributed by atoms with Gasteiger partial charge >= 0.3 is 5.97 Å². The van der Waals surface area contributed by atoms with E-state index in [1.54, 1.807) is 42.3 Å². The van der Waals surface area contributed by atoms with E-state index < -0.39 is 144 Å². The smallest absolute Gasteiger partial charge is 0.338 e. The highest BCUT2D eigenvalue weighted by atomic mass is 16.8. The second-order valence-corrected chi connectivity index (χ2v) is 23.4. The molecule has 20 heteroatoms. The lowest BCUT2D eigenvalue weighted by atomic mass is 9.42. The molecule has 20 nitrogen and oxygen atoms in total. The molecule has 5 N–H and O–H groups in total. The van der Waals surface area contributed by atoms with Gasteiger partial charge in [-0.05, 0) is 116 Å². The summed E-state index contributed by atoms with van der Waals surface area (Å²) in [5.41, 5.74) is -7.08. The number of hydrogen-bond acceptors (Lipinski definition) is 20. The maximum atomic E-state index is 13.8. The van der Waals surface area contributed by atoms with Gasteiger partial charge in [0, 0.05) is 60.0 Å². The summed E-state index contributed by atoms with van der Waals surface area (Å²) in [5.74, 6) is -1.96. The van der Waals surface area contributed by atoms with E-state index in [4.69, 9.17) is 61.6 Å². The number of hydrogen-bond donors (Lipinski definition) is 5. The SMILES string of the molecule is CO[C@H]1C[C@H](O[C@@H]2[C@@H](C)O[C@@H](O[C@H]3[C@@H](OC)C[C@H](O[C@H]4[C@@H](OC)C[C@H](O[C@H]5CC[C@@]6(C)C(=CC[C@]7(O)[C@@H]6C[C@@H](OC(=O)c6ccc(O)cc6)[C@@]6(C)[C@]7(O)CC[C@@]6(O)C(C)=O)C5)O[C@@H]4C)O[C@@H]3C)C[C@H]2OC)O[C@H](C)[C@H]1O. The van der Waals surface area contributed by atoms with Crippen LogP contribution >= 0.6 is 0 Å². The molecule has 0 amide bonds. The molecule has 3 saturated carbocycles. The van der Waals surface area contributed by atoms with E-state index in [1.165, 1.54) is 31.2 Å². The lowest BCUT2D eigenvalue weighted by Crippen LogP contribution is -2.78. The number of methoxy groups -OCH3 is 4. The normalized spacial score (nSPS) is 48.5. The minimum absolute atomic E-state index is 0.0308. The minimum atomic E-state index is -2.08. The van der Waals surface area contributed by atoms with E-state index in [1.807, 2.05) is 26.8 Å². The van der Waals surface area contributed by atoms with Gasteiger partial charge in [-0.1, -0.05) is 18.6 Å². The van der Waals surface area contributed by atoms with Gasteiger partial charge in [0.2, 0.25) is 0 Å². The molecule has 0 unspecified atom stereocenters. The van der Waals surface area contributed by atoms with Crippen LogP contribution in [0.25, 0.3) is 0 Å². The van der Waals surface area contributed by atoms with Crippen molar-refractivity contribution in [1.29, 1.82) is 0 Å². The first-order chi connectivity index (χ1) is 36.0. The van der Waals surface area contributed by atoms with Crippen LogP contribution in [0.3, 0.4) is 0 Å². The number of benzene rings is 1. The van der Waals surface area contributed by atoms with Gasteiger partial charge in [0.1, 0.15) is 53.1 Å². The summed E-state index contributed by atoms with van der Waals surface area (Å²) in [5, 5.41) is 58.4. The number of esters is 1. The van der Waals surface area contributed by atoms with Gasteiger partial charge in [-0.3, -0.25) is 4.79 Å². The Morgan fingerprint density at radius 3 is 1.59 bits per heavy atom. The first kappa shape index (κ1) is 57.9. The van der Waals surface area contributed by atoms with Gasteiger partial charge < -0.3 is 87.1 Å². The topological polar surface area (TPSA) is 255 Å². The third kappa shape index (κ3) is 10.0. The average Bonchev–Trinajstić information content (AvgIpc) is 3.84. The van der Waals surface area contributed by atoms with E-state index in [9.17, 15) is 35.1 Å². The highest BCUT2D eigenvalue weighted by Crippen LogP contribution is 2.71. The number of aromatic hydroxyl groups is 1. The highest BCUT2D eigenvalue weighted by molar-refractivity contribution is 5.90. The molecule has 7 fully saturated rings. The molecule has 0 bridgehead atoms. The average molecular weight is 1080 g/mol. The van der Waals surface area contributed by atoms with Crippen molar-refractivity contribution < 1.29 is 96.7 Å². The van der Waals surface area contributed by atoms with Crippen LogP contribution in [0.15, 0.2) is 35.9 Å². The summed E-state index contributed by atoms with van der Waals surface area (Å²) in [6, 6.07) is 5.59. The van der Waals surface area contributed by atoms with Gasteiger partial charge in [-0.2, -0.15) is 0 Å². The van der Waals surface area contributed by atoms with Crippen molar-refractivity contribution >= 4 is 11.8 Å². The number of ether oxygens (including phenoxy) is 13. The lowest BCUT2D eigenvalue weighted by molar-refractivity contribution is -0.347. The Hall–Kier alpha value is -2.74. The molecule has 1 aromatic rings. The van der Waals surface area contributed by atoms with Crippen LogP contribution in [-0.4, -0.2) is 193 Å². The van der Waals surface area contributed by atoms with Crippen LogP contribution in [0.1, 0.15) is 129 Å². The maximum absolute atomic E-state index is 13.8. The zero-order chi connectivity index (χ0) is 54.9. The van der Waals surface area contributed by atoms with Crippen molar-refractivity contribution in [1.82, 2.24) is 0 Å². The van der Waals surface area contributed by atoms with E-state index >= 15 is 0 Å². The molecule has 9 rings (SSSR count). The summed E-state index contributed by atoms with van der Waals surface area (Å²) in [6.45, 7) is 12.4. The molecular formula is C56H84O20. The molecule has 4 heterocycles. The number of aliphatic hydroxyl groups is 4. The molecule has 0 spiro atoms. The third-order valence-electron chi connectivity index (χ3n) is 19.5. The number of phenolic OH excluding ortho intramolecular Hbond substituents is 1. The standard InChI is InChI=1S/C56H84O20/c1-28-47(59)37(64-8)23-44(68-28)74-49-30(3)70-46(25-39(49)66-10)76-50-31(4)71-45(26-40(50)67-11)75-48-29(2)69-43(24-38(48)65-9)72-36-17-18-52(6)34(22-36)16-19-55(62)41(52)27-42(73-51(60)33-12-14-35(58)15-13-33)53(7)54(61,32(5)57)20-21-56(53,55)63/h12-16,28-31,36-50,58-59,61-63H,17-27H2,1-11H3/t28-,29-,30-,31-,36+,37+,38+,39-,40+,41-,42-,43+,44+,45+,46+,47-,48-,49-,50-,52+,53-,54-,55+,56-/m1/s1. The van der Waals surface area contributed by atoms with Crippen LogP contribution in [0.4, 0.5) is 0 Å². The van der Waals surface area contributed by atoms with Crippen molar-refractivity contribution in [3.63, 3.8) is 0 Å². The molecule has 8 aliphatic rings. The molecule has 0 aromatic heterocycles. The van der Waals surface area contributed by atoms with Gasteiger partial charge in [0.15, 0.2) is 30.9 Å². The molecule has 0 radical (unpaired) electrons. The zero-order valence-corrected chi connectivity index (χ0v) is 46.0. The summed E-state index contributed by atoms with van der Waals surface area (Å²) in [4.78, 5) is 27.1. The minimum Gasteiger partial charge on any atom is -0.508 e. The van der Waals surface area contributed by atoms with E-state index in [2.05, 4.69) is 6.92 Å². The molecule has 76 heavy (non-hydrogen) atoms. The number of carbonyl (C=O) groups is 2. The first-order valence-electron chi connectivity index (χ1n) is 27.4. The van der Waals surface area contributed by atoms with Gasteiger partial charge in [-0.15, -0.1) is 0 Å². The summed E-state index contributed by atoms with van der Waals surface area (Å²) < 4.78 is 81.5. The number of phenols is 1. The Morgan fingerprint density at radius 2 is 1.11 bits per heavy atom. The van der Waals surface area contributed by atoms with Crippen LogP contribution in [0.2, 0.25) is 0 Å². The summed E-state index contributed by atoms with van der Waals surface area (Å²) in [7, 11) is 6.46. The monoisotopic (exact) mass is 1080 g/mol. The Bertz CT molecular complexity index is 2230. The number of aliphatic hydroxyl groups excluding tert-OH is 1. The van der Waals surface area contributed by atoms with Crippen molar-refractivity contribution in [2.75, 3.05) is 28.4 Å². The molecule has 4 aliphatic heterocycles. The Morgan fingerprint density at radius 1 is 0.632 bits per heavy atom. The van der Waals surface area contributed by atoms with Gasteiger partial charge in [-0.25, -0.2) is 4.79 Å². The number of rotatable bonds is 15. The largest absolute Gasteiger partial charge is 0.508 e. The zero-order valence-electron chi connectivity index (χ0n) is 46.0. The van der Waals surface area contributed by atoms with E-state index in [-0.39, 0.29) is 49.2 Å². The molecular weight excluding hydrogens is 993 g/mol. The summed E-state index contributed by atoms with van der Waals surface area (Å²) in [6.07, 6.45) is -4.55. The fraction of sp³-hybridized carbons (Fsp3) is 0.821. The second-order valence-electron chi connectivity index (χ2n) is 23.4. The van der Waals surface area contributed by atoms with Crippen LogP contribution in [0, 0.1) is 16.7 Å². The Labute approximate surface area is 446 Å². The van der Waals surface area contributed by atoms with Crippen molar-refractivity contribution in [3.05, 3.63) is 41.5 Å². The quantitative estimate of drug-likeness (QED) is 0.119. The Kier molecular flexibility index (Phi) is 17.0. The van der Waals surface area contributed by atoms with Crippen molar-refractivity contribution in [2.45, 2.75) is 247 Å². The van der Waals surface area contributed by atoms with Crippen LogP contribution in [0.5, 0.6) is 5.75 Å². The predicted octanol–water partition coefficient (Wildman–Crippen LogP) is 4.54. The van der Waals surface area contributed by atoms with E-state index in [0.717, 1.165) is 5.57 Å². The molecule has 428 valence electrons. The number of ketones is 1. The van der Waals surface area contributed by atoms with Crippen LogP contribution in [-0.2, 0) is 66.4 Å². The second kappa shape index (κ2) is 22.3. The summed E-state index contributed by atoms with van der Waals surface area (Å²) >= 11 is 0. The van der Waals surface area contributed by atoms with E-state index in [0.29, 0.717) is 44.9 Å². The number of Topliss-reactive ketones (excluding diaryl/α,β-unsaturated/α-hetero) is 1. The third-order valence-corrected chi connectivity index (χ3v) is 19.5. The maximum Gasteiger partial charge on any atom is 0.338 e. The van der Waals surface area contributed by atoms with Gasteiger partial charge in [0.05, 0.1) is 65.9 Å². The highest BCUT2D eigenvalue weighted by Gasteiger charge is 2.81. The molecule has 4 saturated heterocycles.